The molecule has 25 heavy (non-hydrogen) atoms. The van der Waals surface area contributed by atoms with Gasteiger partial charge in [0.25, 0.3) is 0 Å². The lowest BCUT2D eigenvalue weighted by Crippen LogP contribution is -2.11. The molecule has 1 heterocycles. The molecule has 3 aromatic rings. The van der Waals surface area contributed by atoms with Gasteiger partial charge in [0.1, 0.15) is 11.5 Å². The molecule has 3 rings (SSSR count). The molecule has 0 radical (unpaired) electrons. The third-order valence-corrected chi connectivity index (χ3v) is 4.63. The Morgan fingerprint density at radius 3 is 2.56 bits per heavy atom. The maximum Gasteiger partial charge on any atom is 0.210 e. The Morgan fingerprint density at radius 2 is 1.84 bits per heavy atom. The molecule has 130 valence electrons. The van der Waals surface area contributed by atoms with Crippen LogP contribution in [0.4, 0.5) is 0 Å². The summed E-state index contributed by atoms with van der Waals surface area (Å²) in [6, 6.07) is 15.5. The van der Waals surface area contributed by atoms with Gasteiger partial charge in [-0.3, -0.25) is 0 Å². The summed E-state index contributed by atoms with van der Waals surface area (Å²) in [5.74, 6) is 9.16. The van der Waals surface area contributed by atoms with E-state index in [4.69, 9.17) is 15.3 Å². The molecule has 0 saturated heterocycles. The Kier molecular flexibility index (Phi) is 5.45. The van der Waals surface area contributed by atoms with Crippen molar-refractivity contribution in [3.8, 4) is 22.9 Å². The molecule has 0 bridgehead atoms. The quantitative estimate of drug-likeness (QED) is 0.517. The standard InChI is InChI=1S/C18H20N4O2S/c1-3-24-16-7-5-4-6-14(16)12-25-18-21-20-17(22(18)19)13-8-10-15(23-2)11-9-13/h4-11H,3,12,19H2,1-2H3. The van der Waals surface area contributed by atoms with Gasteiger partial charge in [-0.25, -0.2) is 4.68 Å². The Balaban J connectivity index is 1.75. The van der Waals surface area contributed by atoms with E-state index in [1.54, 1.807) is 7.11 Å². The van der Waals surface area contributed by atoms with Gasteiger partial charge < -0.3 is 15.3 Å². The molecule has 2 aromatic carbocycles. The second-order valence-corrected chi connectivity index (χ2v) is 6.18. The van der Waals surface area contributed by atoms with Crippen LogP contribution in [0.25, 0.3) is 11.4 Å². The van der Waals surface area contributed by atoms with E-state index in [9.17, 15) is 0 Å². The Bertz CT molecular complexity index is 833. The summed E-state index contributed by atoms with van der Waals surface area (Å²) in [6.07, 6.45) is 0. The molecular formula is C18H20N4O2S. The van der Waals surface area contributed by atoms with Crippen molar-refractivity contribution in [2.45, 2.75) is 17.8 Å². The highest BCUT2D eigenvalue weighted by molar-refractivity contribution is 7.98. The summed E-state index contributed by atoms with van der Waals surface area (Å²) in [6.45, 7) is 2.61. The van der Waals surface area contributed by atoms with Crippen LogP contribution in [-0.2, 0) is 5.75 Å². The Labute approximate surface area is 150 Å². The van der Waals surface area contributed by atoms with Gasteiger partial charge in [-0.1, -0.05) is 30.0 Å². The number of benzene rings is 2. The van der Waals surface area contributed by atoms with E-state index in [1.807, 2.05) is 55.5 Å². The average Bonchev–Trinajstić information content (AvgIpc) is 3.02. The molecule has 7 heteroatoms. The molecular weight excluding hydrogens is 336 g/mol. The van der Waals surface area contributed by atoms with E-state index in [2.05, 4.69) is 10.2 Å². The molecule has 0 unspecified atom stereocenters. The highest BCUT2D eigenvalue weighted by Gasteiger charge is 2.13. The van der Waals surface area contributed by atoms with Crippen molar-refractivity contribution in [3.05, 3.63) is 54.1 Å². The summed E-state index contributed by atoms with van der Waals surface area (Å²) >= 11 is 1.52. The third-order valence-electron chi connectivity index (χ3n) is 3.64. The molecule has 0 aliphatic heterocycles. The van der Waals surface area contributed by atoms with Gasteiger partial charge in [0.05, 0.1) is 13.7 Å². The number of aromatic nitrogens is 3. The number of thioether (sulfide) groups is 1. The lowest BCUT2D eigenvalue weighted by Gasteiger charge is -2.09. The normalized spacial score (nSPS) is 10.6. The number of nitrogens with two attached hydrogens (primary N) is 1. The first kappa shape index (κ1) is 17.2. The van der Waals surface area contributed by atoms with E-state index < -0.39 is 0 Å². The minimum atomic E-state index is 0.614. The van der Waals surface area contributed by atoms with Crippen LogP contribution in [0.3, 0.4) is 0 Å². The predicted octanol–water partition coefficient (Wildman–Crippen LogP) is 3.36. The number of hydrogen-bond acceptors (Lipinski definition) is 6. The molecule has 0 atom stereocenters. The van der Waals surface area contributed by atoms with Crippen molar-refractivity contribution in [1.29, 1.82) is 0 Å². The molecule has 0 saturated carbocycles. The monoisotopic (exact) mass is 356 g/mol. The zero-order valence-corrected chi connectivity index (χ0v) is 15.0. The van der Waals surface area contributed by atoms with E-state index in [-0.39, 0.29) is 0 Å². The van der Waals surface area contributed by atoms with Gasteiger partial charge in [0.2, 0.25) is 5.16 Å². The molecule has 0 amide bonds. The fourth-order valence-electron chi connectivity index (χ4n) is 2.37. The van der Waals surface area contributed by atoms with E-state index in [0.717, 1.165) is 22.6 Å². The van der Waals surface area contributed by atoms with Crippen molar-refractivity contribution >= 4 is 11.8 Å². The van der Waals surface area contributed by atoms with Crippen molar-refractivity contribution in [1.82, 2.24) is 14.9 Å². The van der Waals surface area contributed by atoms with Gasteiger partial charge in [0, 0.05) is 16.9 Å². The first-order valence-electron chi connectivity index (χ1n) is 7.91. The third kappa shape index (κ3) is 3.88. The number of ether oxygens (including phenoxy) is 2. The highest BCUT2D eigenvalue weighted by atomic mass is 32.2. The van der Waals surface area contributed by atoms with Crippen LogP contribution in [0, 0.1) is 0 Å². The summed E-state index contributed by atoms with van der Waals surface area (Å²) in [5, 5.41) is 9.06. The van der Waals surface area contributed by atoms with Crippen LogP contribution in [0.5, 0.6) is 11.5 Å². The topological polar surface area (TPSA) is 75.2 Å². The van der Waals surface area contributed by atoms with E-state index in [0.29, 0.717) is 23.3 Å². The summed E-state index contributed by atoms with van der Waals surface area (Å²) in [5.41, 5.74) is 1.99. The fourth-order valence-corrected chi connectivity index (χ4v) is 3.22. The van der Waals surface area contributed by atoms with Crippen molar-refractivity contribution in [3.63, 3.8) is 0 Å². The van der Waals surface area contributed by atoms with E-state index >= 15 is 0 Å². The zero-order valence-electron chi connectivity index (χ0n) is 14.2. The molecule has 1 aromatic heterocycles. The first-order chi connectivity index (χ1) is 12.2. The molecule has 6 nitrogen and oxygen atoms in total. The van der Waals surface area contributed by atoms with Crippen LogP contribution in [0.1, 0.15) is 12.5 Å². The number of nitrogen functional groups attached to an aromatic ring is 1. The lowest BCUT2D eigenvalue weighted by molar-refractivity contribution is 0.337. The van der Waals surface area contributed by atoms with Crippen molar-refractivity contribution in [2.75, 3.05) is 19.6 Å². The number of para-hydroxylation sites is 1. The SMILES string of the molecule is CCOc1ccccc1CSc1nnc(-c2ccc(OC)cc2)n1N. The smallest absolute Gasteiger partial charge is 0.210 e. The number of hydrogen-bond donors (Lipinski definition) is 1. The van der Waals surface area contributed by atoms with Gasteiger partial charge in [-0.2, -0.15) is 0 Å². The zero-order chi connectivity index (χ0) is 17.6. The van der Waals surface area contributed by atoms with Gasteiger partial charge in [0.15, 0.2) is 5.82 Å². The maximum atomic E-state index is 6.18. The largest absolute Gasteiger partial charge is 0.497 e. The van der Waals surface area contributed by atoms with Gasteiger partial charge in [-0.15, -0.1) is 10.2 Å². The second-order valence-electron chi connectivity index (χ2n) is 5.23. The highest BCUT2D eigenvalue weighted by Crippen LogP contribution is 2.28. The minimum absolute atomic E-state index is 0.614. The molecule has 0 spiro atoms. The Morgan fingerprint density at radius 1 is 1.08 bits per heavy atom. The van der Waals surface area contributed by atoms with Crippen LogP contribution >= 0.6 is 11.8 Å². The summed E-state index contributed by atoms with van der Waals surface area (Å²) in [7, 11) is 1.63. The predicted molar refractivity (Wildman–Crippen MR) is 99.3 cm³/mol. The van der Waals surface area contributed by atoms with Crippen LogP contribution in [-0.4, -0.2) is 28.6 Å². The van der Waals surface area contributed by atoms with Gasteiger partial charge in [-0.05, 0) is 37.3 Å². The van der Waals surface area contributed by atoms with Crippen molar-refractivity contribution < 1.29 is 9.47 Å². The average molecular weight is 356 g/mol. The lowest BCUT2D eigenvalue weighted by atomic mass is 10.2. The molecule has 0 fully saturated rings. The number of methoxy groups -OCH3 is 1. The first-order valence-corrected chi connectivity index (χ1v) is 8.90. The summed E-state index contributed by atoms with van der Waals surface area (Å²) < 4.78 is 12.3. The number of rotatable bonds is 7. The molecule has 0 aliphatic rings. The van der Waals surface area contributed by atoms with Crippen LogP contribution in [0.2, 0.25) is 0 Å². The number of nitrogens with zero attached hydrogens (tertiary/aromatic N) is 3. The van der Waals surface area contributed by atoms with E-state index in [1.165, 1.54) is 16.4 Å². The Hall–Kier alpha value is -2.67. The maximum absolute atomic E-state index is 6.18. The fraction of sp³-hybridized carbons (Fsp3) is 0.222. The van der Waals surface area contributed by atoms with Gasteiger partial charge >= 0.3 is 0 Å². The van der Waals surface area contributed by atoms with Crippen molar-refractivity contribution in [2.24, 2.45) is 0 Å². The molecule has 0 aliphatic carbocycles. The minimum Gasteiger partial charge on any atom is -0.497 e. The summed E-state index contributed by atoms with van der Waals surface area (Å²) in [4.78, 5) is 0. The molecule has 2 N–H and O–H groups in total. The second kappa shape index (κ2) is 7.94. The van der Waals surface area contributed by atoms with Crippen LogP contribution < -0.4 is 15.3 Å². The van der Waals surface area contributed by atoms with Crippen LogP contribution in [0.15, 0.2) is 53.7 Å².